The Balaban J connectivity index is 1.61. The summed E-state index contributed by atoms with van der Waals surface area (Å²) in [6, 6.07) is 13.9. The van der Waals surface area contributed by atoms with Gasteiger partial charge in [-0.15, -0.1) is 0 Å². The molecule has 0 atom stereocenters. The molecule has 0 saturated heterocycles. The van der Waals surface area contributed by atoms with Crippen LogP contribution < -0.4 is 10.6 Å². The first-order valence-electron chi connectivity index (χ1n) is 7.95. The summed E-state index contributed by atoms with van der Waals surface area (Å²) in [5.41, 5.74) is 2.08. The standard InChI is InChI=1S/C19H22N2O/c1-14(15-6-2-3-7-15)13-20-19(22)21-18-11-10-16-8-4-5-9-17(16)12-18/h4-5,8-13,15H,2-3,6-7H2,1H3,(H2,20,21,22)/b14-13+. The fourth-order valence-electron chi connectivity index (χ4n) is 3.11. The highest BCUT2D eigenvalue weighted by atomic mass is 16.2. The topological polar surface area (TPSA) is 41.1 Å². The van der Waals surface area contributed by atoms with E-state index in [-0.39, 0.29) is 6.03 Å². The second kappa shape index (κ2) is 6.65. The summed E-state index contributed by atoms with van der Waals surface area (Å²) in [6.45, 7) is 2.10. The molecule has 3 rings (SSSR count). The Morgan fingerprint density at radius 3 is 2.59 bits per heavy atom. The number of carbonyl (C=O) groups is 1. The van der Waals surface area contributed by atoms with E-state index >= 15 is 0 Å². The van der Waals surface area contributed by atoms with E-state index in [1.54, 1.807) is 0 Å². The van der Waals surface area contributed by atoms with Crippen LogP contribution in [-0.2, 0) is 0 Å². The molecule has 0 heterocycles. The van der Waals surface area contributed by atoms with Crippen molar-refractivity contribution < 1.29 is 4.79 Å². The molecule has 2 aromatic carbocycles. The van der Waals surface area contributed by atoms with Gasteiger partial charge < -0.3 is 10.6 Å². The van der Waals surface area contributed by atoms with Crippen molar-refractivity contribution in [3.8, 4) is 0 Å². The number of fused-ring (bicyclic) bond motifs is 1. The smallest absolute Gasteiger partial charge is 0.314 e. The highest BCUT2D eigenvalue weighted by Gasteiger charge is 2.16. The van der Waals surface area contributed by atoms with Gasteiger partial charge in [0.25, 0.3) is 0 Å². The number of anilines is 1. The lowest BCUT2D eigenvalue weighted by atomic mass is 10.0. The normalized spacial score (nSPS) is 16.0. The average Bonchev–Trinajstić information content (AvgIpc) is 3.07. The van der Waals surface area contributed by atoms with Crippen LogP contribution in [0.2, 0.25) is 0 Å². The summed E-state index contributed by atoms with van der Waals surface area (Å²) in [5.74, 6) is 0.640. The average molecular weight is 294 g/mol. The van der Waals surface area contributed by atoms with Crippen molar-refractivity contribution in [3.05, 3.63) is 54.2 Å². The second-order valence-corrected chi connectivity index (χ2v) is 6.03. The molecule has 2 N–H and O–H groups in total. The maximum Gasteiger partial charge on any atom is 0.323 e. The van der Waals surface area contributed by atoms with Crippen molar-refractivity contribution in [1.82, 2.24) is 5.32 Å². The zero-order valence-electron chi connectivity index (χ0n) is 12.9. The summed E-state index contributed by atoms with van der Waals surface area (Å²) in [4.78, 5) is 12.0. The Kier molecular flexibility index (Phi) is 4.42. The number of urea groups is 1. The van der Waals surface area contributed by atoms with E-state index in [2.05, 4.69) is 23.6 Å². The first kappa shape index (κ1) is 14.6. The van der Waals surface area contributed by atoms with E-state index in [9.17, 15) is 4.79 Å². The largest absolute Gasteiger partial charge is 0.323 e. The molecule has 0 unspecified atom stereocenters. The number of hydrogen-bond donors (Lipinski definition) is 2. The third kappa shape index (κ3) is 3.48. The number of hydrogen-bond acceptors (Lipinski definition) is 1. The third-order valence-corrected chi connectivity index (χ3v) is 4.44. The van der Waals surface area contributed by atoms with Crippen LogP contribution in [0.4, 0.5) is 10.5 Å². The van der Waals surface area contributed by atoms with Gasteiger partial charge in [0, 0.05) is 11.9 Å². The van der Waals surface area contributed by atoms with Gasteiger partial charge in [-0.3, -0.25) is 0 Å². The minimum absolute atomic E-state index is 0.187. The number of allylic oxidation sites excluding steroid dienone is 1. The van der Waals surface area contributed by atoms with Crippen LogP contribution in [0.1, 0.15) is 32.6 Å². The zero-order chi connectivity index (χ0) is 15.4. The Morgan fingerprint density at radius 2 is 1.82 bits per heavy atom. The maximum absolute atomic E-state index is 12.0. The summed E-state index contributed by atoms with van der Waals surface area (Å²) in [7, 11) is 0. The minimum atomic E-state index is -0.187. The highest BCUT2D eigenvalue weighted by Crippen LogP contribution is 2.30. The van der Waals surface area contributed by atoms with Gasteiger partial charge in [-0.2, -0.15) is 0 Å². The second-order valence-electron chi connectivity index (χ2n) is 6.03. The van der Waals surface area contributed by atoms with E-state index < -0.39 is 0 Å². The molecule has 3 nitrogen and oxygen atoms in total. The van der Waals surface area contributed by atoms with E-state index in [1.807, 2.05) is 42.6 Å². The van der Waals surface area contributed by atoms with Gasteiger partial charge in [0.2, 0.25) is 0 Å². The predicted molar refractivity (Wildman–Crippen MR) is 91.8 cm³/mol. The molecule has 0 aromatic heterocycles. The first-order valence-corrected chi connectivity index (χ1v) is 7.95. The fourth-order valence-corrected chi connectivity index (χ4v) is 3.11. The molecule has 0 radical (unpaired) electrons. The van der Waals surface area contributed by atoms with Crippen molar-refractivity contribution in [2.75, 3.05) is 5.32 Å². The number of benzene rings is 2. The number of amides is 2. The molecule has 22 heavy (non-hydrogen) atoms. The van der Waals surface area contributed by atoms with Crippen molar-refractivity contribution in [2.45, 2.75) is 32.6 Å². The van der Waals surface area contributed by atoms with Crippen LogP contribution >= 0.6 is 0 Å². The van der Waals surface area contributed by atoms with Crippen molar-refractivity contribution in [3.63, 3.8) is 0 Å². The number of rotatable bonds is 3. The van der Waals surface area contributed by atoms with Gasteiger partial charge in [-0.25, -0.2) is 4.79 Å². The molecule has 1 aliphatic carbocycles. The minimum Gasteiger partial charge on any atom is -0.314 e. The summed E-state index contributed by atoms with van der Waals surface area (Å²) in [5, 5.41) is 8.02. The lowest BCUT2D eigenvalue weighted by Crippen LogP contribution is -2.24. The van der Waals surface area contributed by atoms with Crippen molar-refractivity contribution in [2.24, 2.45) is 5.92 Å². The van der Waals surface area contributed by atoms with E-state index in [1.165, 1.54) is 36.6 Å². The van der Waals surface area contributed by atoms with Gasteiger partial charge in [0.05, 0.1) is 0 Å². The predicted octanol–water partition coefficient (Wildman–Crippen LogP) is 5.06. The zero-order valence-corrected chi connectivity index (χ0v) is 12.9. The third-order valence-electron chi connectivity index (χ3n) is 4.44. The van der Waals surface area contributed by atoms with Gasteiger partial charge in [0.1, 0.15) is 0 Å². The molecule has 2 aromatic rings. The van der Waals surface area contributed by atoms with Gasteiger partial charge in [-0.1, -0.05) is 48.7 Å². The monoisotopic (exact) mass is 294 g/mol. The molecular weight excluding hydrogens is 272 g/mol. The van der Waals surface area contributed by atoms with Crippen molar-refractivity contribution in [1.29, 1.82) is 0 Å². The van der Waals surface area contributed by atoms with E-state index in [4.69, 9.17) is 0 Å². The Hall–Kier alpha value is -2.29. The van der Waals surface area contributed by atoms with Crippen LogP contribution in [0.15, 0.2) is 54.2 Å². The van der Waals surface area contributed by atoms with Crippen LogP contribution in [0.5, 0.6) is 0 Å². The van der Waals surface area contributed by atoms with Crippen LogP contribution in [0.3, 0.4) is 0 Å². The Morgan fingerprint density at radius 1 is 1.09 bits per heavy atom. The van der Waals surface area contributed by atoms with E-state index in [0.29, 0.717) is 5.92 Å². The summed E-state index contributed by atoms with van der Waals surface area (Å²) >= 11 is 0. The van der Waals surface area contributed by atoms with Crippen LogP contribution in [-0.4, -0.2) is 6.03 Å². The molecule has 3 heteroatoms. The lowest BCUT2D eigenvalue weighted by Gasteiger charge is -2.11. The molecule has 0 aliphatic heterocycles. The number of nitrogens with one attached hydrogen (secondary N) is 2. The summed E-state index contributed by atoms with van der Waals surface area (Å²) in [6.07, 6.45) is 6.96. The molecule has 1 fully saturated rings. The molecule has 2 amide bonds. The van der Waals surface area contributed by atoms with Crippen LogP contribution in [0.25, 0.3) is 10.8 Å². The molecule has 1 saturated carbocycles. The fraction of sp³-hybridized carbons (Fsp3) is 0.316. The van der Waals surface area contributed by atoms with Crippen LogP contribution in [0, 0.1) is 5.92 Å². The Bertz CT molecular complexity index is 699. The molecule has 1 aliphatic rings. The van der Waals surface area contributed by atoms with E-state index in [0.717, 1.165) is 11.1 Å². The molecule has 0 spiro atoms. The SMILES string of the molecule is C/C(=C\NC(=O)Nc1ccc2ccccc2c1)C1CCCC1. The van der Waals surface area contributed by atoms with Crippen molar-refractivity contribution >= 4 is 22.5 Å². The van der Waals surface area contributed by atoms with Gasteiger partial charge in [-0.05, 0) is 48.6 Å². The van der Waals surface area contributed by atoms with Gasteiger partial charge in [0.15, 0.2) is 0 Å². The Labute approximate surface area is 131 Å². The van der Waals surface area contributed by atoms with Gasteiger partial charge >= 0.3 is 6.03 Å². The quantitative estimate of drug-likeness (QED) is 0.816. The number of carbonyl (C=O) groups excluding carboxylic acids is 1. The lowest BCUT2D eigenvalue weighted by molar-refractivity contribution is 0.255. The molecular formula is C19H22N2O. The maximum atomic E-state index is 12.0. The first-order chi connectivity index (χ1) is 10.7. The summed E-state index contributed by atoms with van der Waals surface area (Å²) < 4.78 is 0. The molecule has 114 valence electrons. The molecule has 0 bridgehead atoms. The highest BCUT2D eigenvalue weighted by molar-refractivity contribution is 5.93.